The molecule has 0 aliphatic carbocycles. The normalized spacial score (nSPS) is 20.1. The molecule has 0 spiro atoms. The standard InChI is InChI=1S/C5H6O2/c1-4-2-3-7-5(4)6/h1-3H2. The Balaban J connectivity index is 2.48. The summed E-state index contributed by atoms with van der Waals surface area (Å²) in [5.41, 5.74) is 0. The van der Waals surface area contributed by atoms with E-state index in [0.29, 0.717) is 18.9 Å². The van der Waals surface area contributed by atoms with Crippen molar-refractivity contribution in [3.63, 3.8) is 0 Å². The van der Waals surface area contributed by atoms with Gasteiger partial charge in [0.25, 0.3) is 0 Å². The molecule has 0 atom stereocenters. The van der Waals surface area contributed by atoms with E-state index in [1.165, 1.54) is 0 Å². The third-order valence-corrected chi connectivity index (χ3v) is 0.926. The molecule has 0 aromatic carbocycles. The Labute approximate surface area is 42.5 Å². The number of hydrogen-bond acceptors (Lipinski definition) is 2. The van der Waals surface area contributed by atoms with Crippen molar-refractivity contribution >= 4 is 5.97 Å². The van der Waals surface area contributed by atoms with E-state index < -0.39 is 0 Å². The zero-order valence-electron chi connectivity index (χ0n) is 3.94. The number of esters is 1. The molecule has 0 N–H and O–H groups in total. The summed E-state index contributed by atoms with van der Waals surface area (Å²) in [7, 11) is 0. The van der Waals surface area contributed by atoms with Gasteiger partial charge >= 0.3 is 5.97 Å². The molecule has 0 amide bonds. The third kappa shape index (κ3) is 0.683. The Bertz CT molecular complexity index is 88.1. The fraction of sp³-hybridized carbons (Fsp3) is 0.400. The van der Waals surface area contributed by atoms with Crippen LogP contribution in [-0.4, -0.2) is 12.6 Å². The molecule has 2 heteroatoms. The number of hydrogen-bond donors (Lipinski definition) is 0. The Morgan fingerprint density at radius 1 is 1.86 bits per heavy atom. The van der Waals surface area contributed by atoms with Crippen molar-refractivity contribution in [2.45, 2.75) is 6.42 Å². The lowest BCUT2D eigenvalue weighted by Gasteiger charge is -1.83. The van der Waals surface area contributed by atoms with E-state index >= 15 is 0 Å². The highest BCUT2D eigenvalue weighted by atomic mass is 16.5. The smallest absolute Gasteiger partial charge is 0.427 e. The summed E-state index contributed by atoms with van der Waals surface area (Å²) in [4.78, 5) is 10.3. The molecule has 0 bridgehead atoms. The highest BCUT2D eigenvalue weighted by Crippen LogP contribution is 2.13. The molecule has 2 nitrogen and oxygen atoms in total. The second-order valence-electron chi connectivity index (χ2n) is 1.49. The van der Waals surface area contributed by atoms with Crippen LogP contribution in [0.2, 0.25) is 0 Å². The first-order valence-corrected chi connectivity index (χ1v) is 2.15. The lowest BCUT2D eigenvalue weighted by Crippen LogP contribution is -1.99. The van der Waals surface area contributed by atoms with Crippen molar-refractivity contribution < 1.29 is 9.53 Å². The van der Waals surface area contributed by atoms with Gasteiger partial charge in [-0.1, -0.05) is 0 Å². The van der Waals surface area contributed by atoms with Crippen LogP contribution in [0.4, 0.5) is 0 Å². The van der Waals surface area contributed by atoms with Gasteiger partial charge in [0.05, 0.1) is 5.92 Å². The molecule has 1 aliphatic rings. The van der Waals surface area contributed by atoms with Crippen molar-refractivity contribution in [1.82, 2.24) is 0 Å². The number of carbonyl (C=O) groups is 1. The molecule has 1 aliphatic heterocycles. The number of rotatable bonds is 0. The molecule has 0 aromatic rings. The summed E-state index contributed by atoms with van der Waals surface area (Å²) in [6, 6.07) is 0. The predicted octanol–water partition coefficient (Wildman–Crippen LogP) is 0.342. The molecule has 0 unspecified atom stereocenters. The summed E-state index contributed by atoms with van der Waals surface area (Å²) in [6.07, 6.45) is 0.707. The minimum atomic E-state index is -0.236. The third-order valence-electron chi connectivity index (χ3n) is 0.926. The highest BCUT2D eigenvalue weighted by molar-refractivity contribution is 5.87. The molecular weight excluding hydrogens is 92.1 g/mol. The van der Waals surface area contributed by atoms with Crippen molar-refractivity contribution in [3.8, 4) is 0 Å². The summed E-state index contributed by atoms with van der Waals surface area (Å²) in [6.45, 7) is 3.99. The molecule has 38 valence electrons. The van der Waals surface area contributed by atoms with E-state index in [0.717, 1.165) is 0 Å². The topological polar surface area (TPSA) is 26.3 Å². The number of cyclic esters (lactones) is 1. The average Bonchev–Trinajstić information content (AvgIpc) is 1.91. The second-order valence-corrected chi connectivity index (χ2v) is 1.49. The van der Waals surface area contributed by atoms with Gasteiger partial charge in [0.2, 0.25) is 0 Å². The van der Waals surface area contributed by atoms with Gasteiger partial charge < -0.3 is 4.74 Å². The van der Waals surface area contributed by atoms with Crippen LogP contribution in [0.25, 0.3) is 0 Å². The quantitative estimate of drug-likeness (QED) is 0.322. The maximum Gasteiger partial charge on any atom is 0.464 e. The summed E-state index contributed by atoms with van der Waals surface area (Å²) in [5, 5.41) is 0. The maximum absolute atomic E-state index is 10.3. The Kier molecular flexibility index (Phi) is 0.929. The van der Waals surface area contributed by atoms with Gasteiger partial charge in [0.1, 0.15) is 13.0 Å². The summed E-state index contributed by atoms with van der Waals surface area (Å²) in [5.74, 6) is 0.361. The van der Waals surface area contributed by atoms with Gasteiger partial charge in [-0.05, 0) is 0 Å². The van der Waals surface area contributed by atoms with E-state index in [-0.39, 0.29) is 5.97 Å². The SMILES string of the molecule is [CH2-][C+]1CCOC1=O. The van der Waals surface area contributed by atoms with Crippen LogP contribution in [0.3, 0.4) is 0 Å². The van der Waals surface area contributed by atoms with E-state index in [1.807, 2.05) is 0 Å². The van der Waals surface area contributed by atoms with Crippen molar-refractivity contribution in [3.05, 3.63) is 12.8 Å². The Morgan fingerprint density at radius 3 is 2.71 bits per heavy atom. The zero-order chi connectivity index (χ0) is 5.28. The molecule has 1 fully saturated rings. The van der Waals surface area contributed by atoms with Crippen LogP contribution < -0.4 is 0 Å². The van der Waals surface area contributed by atoms with Crippen LogP contribution in [0.15, 0.2) is 0 Å². The first-order valence-electron chi connectivity index (χ1n) is 2.15. The molecule has 7 heavy (non-hydrogen) atoms. The van der Waals surface area contributed by atoms with Gasteiger partial charge in [-0.15, -0.1) is 6.92 Å². The van der Waals surface area contributed by atoms with Crippen molar-refractivity contribution in [2.24, 2.45) is 0 Å². The molecule has 1 rings (SSSR count). The number of ether oxygens (including phenoxy) is 1. The van der Waals surface area contributed by atoms with Crippen LogP contribution in [0.5, 0.6) is 0 Å². The largest absolute Gasteiger partial charge is 0.464 e. The lowest BCUT2D eigenvalue weighted by atomic mass is 10.2. The van der Waals surface area contributed by atoms with Gasteiger partial charge in [-0.3, -0.25) is 0 Å². The van der Waals surface area contributed by atoms with Gasteiger partial charge in [-0.25, -0.2) is 4.79 Å². The average molecular weight is 98.1 g/mol. The molecule has 0 saturated carbocycles. The highest BCUT2D eigenvalue weighted by Gasteiger charge is 2.26. The molecular formula is C5H6O2. The molecule has 0 radical (unpaired) electrons. The van der Waals surface area contributed by atoms with Crippen molar-refractivity contribution in [2.75, 3.05) is 6.61 Å². The van der Waals surface area contributed by atoms with Crippen LogP contribution in [-0.2, 0) is 9.53 Å². The number of carbonyl (C=O) groups excluding carboxylic acids is 1. The predicted molar refractivity (Wildman–Crippen MR) is 24.2 cm³/mol. The van der Waals surface area contributed by atoms with Crippen LogP contribution in [0, 0.1) is 12.8 Å². The maximum atomic E-state index is 10.3. The zero-order valence-corrected chi connectivity index (χ0v) is 3.94. The van der Waals surface area contributed by atoms with Crippen molar-refractivity contribution in [1.29, 1.82) is 0 Å². The van der Waals surface area contributed by atoms with E-state index in [9.17, 15) is 4.79 Å². The Morgan fingerprint density at radius 2 is 2.57 bits per heavy atom. The first kappa shape index (κ1) is 4.50. The van der Waals surface area contributed by atoms with E-state index in [4.69, 9.17) is 0 Å². The summed E-state index contributed by atoms with van der Waals surface area (Å²) >= 11 is 0. The Hall–Kier alpha value is -0.660. The van der Waals surface area contributed by atoms with Crippen LogP contribution in [0.1, 0.15) is 6.42 Å². The minimum Gasteiger partial charge on any atom is -0.427 e. The lowest BCUT2D eigenvalue weighted by molar-refractivity contribution is -0.136. The molecule has 0 aromatic heterocycles. The molecule has 1 saturated heterocycles. The van der Waals surface area contributed by atoms with Gasteiger partial charge in [0.15, 0.2) is 0 Å². The second kappa shape index (κ2) is 1.45. The fourth-order valence-corrected chi connectivity index (χ4v) is 0.471. The fourth-order valence-electron chi connectivity index (χ4n) is 0.471. The first-order chi connectivity index (χ1) is 3.30. The van der Waals surface area contributed by atoms with Gasteiger partial charge in [-0.2, -0.15) is 0 Å². The van der Waals surface area contributed by atoms with E-state index in [2.05, 4.69) is 11.7 Å². The minimum absolute atomic E-state index is 0.236. The monoisotopic (exact) mass is 98.0 g/mol. The van der Waals surface area contributed by atoms with Gasteiger partial charge in [0, 0.05) is 0 Å². The summed E-state index contributed by atoms with van der Waals surface area (Å²) < 4.78 is 4.53. The van der Waals surface area contributed by atoms with Crippen LogP contribution >= 0.6 is 0 Å². The molecule has 1 heterocycles. The van der Waals surface area contributed by atoms with E-state index in [1.54, 1.807) is 0 Å².